The Labute approximate surface area is 118 Å². The molecule has 0 fully saturated rings. The van der Waals surface area contributed by atoms with Gasteiger partial charge < -0.3 is 10.1 Å². The summed E-state index contributed by atoms with van der Waals surface area (Å²) in [4.78, 5) is 11.5. The number of carbonyl (C=O) groups excluding carboxylic acids is 1. The lowest BCUT2D eigenvalue weighted by Crippen LogP contribution is -2.05. The highest BCUT2D eigenvalue weighted by molar-refractivity contribution is 5.90. The number of aromatic nitrogens is 2. The van der Waals surface area contributed by atoms with Crippen molar-refractivity contribution < 1.29 is 9.53 Å². The van der Waals surface area contributed by atoms with Crippen LogP contribution >= 0.6 is 0 Å². The molecule has 106 valence electrons. The van der Waals surface area contributed by atoms with Crippen LogP contribution in [0.5, 0.6) is 0 Å². The van der Waals surface area contributed by atoms with Gasteiger partial charge in [0.2, 0.25) is 0 Å². The smallest absolute Gasteiger partial charge is 0.337 e. The molecule has 5 nitrogen and oxygen atoms in total. The molecule has 1 heterocycles. The van der Waals surface area contributed by atoms with E-state index in [0.717, 1.165) is 22.5 Å². The average molecular weight is 273 g/mol. The fourth-order valence-corrected chi connectivity index (χ4v) is 2.12. The molecule has 0 amide bonds. The van der Waals surface area contributed by atoms with Gasteiger partial charge in [0.15, 0.2) is 0 Å². The Morgan fingerprint density at radius 2 is 2.15 bits per heavy atom. The Morgan fingerprint density at radius 3 is 2.70 bits per heavy atom. The van der Waals surface area contributed by atoms with E-state index in [-0.39, 0.29) is 5.97 Å². The second kappa shape index (κ2) is 5.77. The van der Waals surface area contributed by atoms with E-state index < -0.39 is 0 Å². The lowest BCUT2D eigenvalue weighted by Gasteiger charge is -2.10. The highest BCUT2D eigenvalue weighted by Crippen LogP contribution is 2.18. The minimum absolute atomic E-state index is 0.317. The van der Waals surface area contributed by atoms with E-state index in [0.29, 0.717) is 12.1 Å². The minimum Gasteiger partial charge on any atom is -0.465 e. The normalized spacial score (nSPS) is 10.4. The third kappa shape index (κ3) is 2.99. The lowest BCUT2D eigenvalue weighted by molar-refractivity contribution is 0.0600. The summed E-state index contributed by atoms with van der Waals surface area (Å²) < 4.78 is 6.51. The highest BCUT2D eigenvalue weighted by atomic mass is 16.5. The van der Waals surface area contributed by atoms with Crippen LogP contribution in [0.3, 0.4) is 0 Å². The first-order valence-electron chi connectivity index (χ1n) is 6.43. The predicted octanol–water partition coefficient (Wildman–Crippen LogP) is 2.44. The van der Waals surface area contributed by atoms with Gasteiger partial charge in [-0.05, 0) is 37.6 Å². The van der Waals surface area contributed by atoms with Crippen molar-refractivity contribution in [3.63, 3.8) is 0 Å². The van der Waals surface area contributed by atoms with Crippen molar-refractivity contribution in [1.29, 1.82) is 0 Å². The largest absolute Gasteiger partial charge is 0.465 e. The number of rotatable bonds is 4. The molecule has 0 atom stereocenters. The number of nitrogens with one attached hydrogen (secondary N) is 1. The predicted molar refractivity (Wildman–Crippen MR) is 77.8 cm³/mol. The zero-order chi connectivity index (χ0) is 14.7. The van der Waals surface area contributed by atoms with E-state index in [1.54, 1.807) is 10.7 Å². The number of carbonyl (C=O) groups is 1. The van der Waals surface area contributed by atoms with Gasteiger partial charge in [0.25, 0.3) is 0 Å². The maximum atomic E-state index is 11.5. The van der Waals surface area contributed by atoms with Crippen molar-refractivity contribution >= 4 is 11.7 Å². The minimum atomic E-state index is -0.317. The summed E-state index contributed by atoms with van der Waals surface area (Å²) in [7, 11) is 3.29. The second-order valence-corrected chi connectivity index (χ2v) is 4.79. The van der Waals surface area contributed by atoms with Crippen LogP contribution in [0.2, 0.25) is 0 Å². The van der Waals surface area contributed by atoms with Crippen LogP contribution in [0.25, 0.3) is 0 Å². The van der Waals surface area contributed by atoms with Gasteiger partial charge in [-0.1, -0.05) is 0 Å². The summed E-state index contributed by atoms with van der Waals surface area (Å²) in [5, 5.41) is 7.67. The third-order valence-electron chi connectivity index (χ3n) is 3.23. The van der Waals surface area contributed by atoms with E-state index >= 15 is 0 Å². The fourth-order valence-electron chi connectivity index (χ4n) is 2.12. The Morgan fingerprint density at radius 1 is 1.40 bits per heavy atom. The maximum absolute atomic E-state index is 11.5. The molecule has 0 bridgehead atoms. The van der Waals surface area contributed by atoms with Crippen LogP contribution in [0.1, 0.15) is 27.2 Å². The molecule has 0 saturated carbocycles. The molecule has 1 aromatic heterocycles. The Hall–Kier alpha value is -2.30. The van der Waals surface area contributed by atoms with E-state index in [1.807, 2.05) is 39.2 Å². The van der Waals surface area contributed by atoms with E-state index in [4.69, 9.17) is 4.74 Å². The Kier molecular flexibility index (Phi) is 4.08. The number of benzene rings is 1. The van der Waals surface area contributed by atoms with E-state index in [9.17, 15) is 4.79 Å². The summed E-state index contributed by atoms with van der Waals surface area (Å²) in [6.07, 6.45) is 2.00. The molecule has 1 aromatic carbocycles. The molecular formula is C15H19N3O2. The summed E-state index contributed by atoms with van der Waals surface area (Å²) in [5.41, 5.74) is 4.75. The Balaban J connectivity index is 2.10. The molecule has 0 aliphatic heterocycles. The van der Waals surface area contributed by atoms with Crippen molar-refractivity contribution in [1.82, 2.24) is 9.78 Å². The standard InChI is InChI=1S/C15H19N3O2/c1-10-7-12(15(19)20-4)5-6-14(10)16-8-13-9-18(3)17-11(13)2/h5-7,9,16H,8H2,1-4H3. The van der Waals surface area contributed by atoms with E-state index in [2.05, 4.69) is 10.4 Å². The summed E-state index contributed by atoms with van der Waals surface area (Å²) in [6, 6.07) is 5.48. The van der Waals surface area contributed by atoms with Gasteiger partial charge in [-0.2, -0.15) is 5.10 Å². The molecule has 0 spiro atoms. The number of hydrogen-bond acceptors (Lipinski definition) is 4. The van der Waals surface area contributed by atoms with Crippen LogP contribution in [-0.2, 0) is 18.3 Å². The molecule has 0 saturated heterocycles. The van der Waals surface area contributed by atoms with Gasteiger partial charge in [-0.25, -0.2) is 4.79 Å². The number of ether oxygens (including phenoxy) is 1. The van der Waals surface area contributed by atoms with Crippen LogP contribution in [0.4, 0.5) is 5.69 Å². The number of aryl methyl sites for hydroxylation is 3. The number of hydrogen-bond donors (Lipinski definition) is 1. The average Bonchev–Trinajstić information content (AvgIpc) is 2.74. The van der Waals surface area contributed by atoms with Crippen LogP contribution in [0, 0.1) is 13.8 Å². The first-order valence-corrected chi connectivity index (χ1v) is 6.43. The van der Waals surface area contributed by atoms with Gasteiger partial charge in [0.1, 0.15) is 0 Å². The van der Waals surface area contributed by atoms with Gasteiger partial charge in [-0.15, -0.1) is 0 Å². The number of methoxy groups -OCH3 is 1. The van der Waals surface area contributed by atoms with Gasteiger partial charge in [-0.3, -0.25) is 4.68 Å². The van der Waals surface area contributed by atoms with Crippen molar-refractivity contribution in [3.8, 4) is 0 Å². The molecular weight excluding hydrogens is 254 g/mol. The van der Waals surface area contributed by atoms with Crippen molar-refractivity contribution in [2.45, 2.75) is 20.4 Å². The Bertz CT molecular complexity index is 632. The molecule has 0 radical (unpaired) electrons. The first kappa shape index (κ1) is 14.1. The maximum Gasteiger partial charge on any atom is 0.337 e. The van der Waals surface area contributed by atoms with Gasteiger partial charge in [0.05, 0.1) is 18.4 Å². The number of anilines is 1. The van der Waals surface area contributed by atoms with Crippen molar-refractivity contribution in [2.24, 2.45) is 7.05 Å². The summed E-state index contributed by atoms with van der Waals surface area (Å²) in [5.74, 6) is -0.317. The lowest BCUT2D eigenvalue weighted by atomic mass is 10.1. The van der Waals surface area contributed by atoms with Crippen molar-refractivity contribution in [3.05, 3.63) is 46.8 Å². The molecule has 0 aliphatic carbocycles. The first-order chi connectivity index (χ1) is 9.51. The zero-order valence-corrected chi connectivity index (χ0v) is 12.2. The molecule has 1 N–H and O–H groups in total. The van der Waals surface area contributed by atoms with E-state index in [1.165, 1.54) is 7.11 Å². The van der Waals surface area contributed by atoms with Crippen LogP contribution in [-0.4, -0.2) is 22.9 Å². The zero-order valence-electron chi connectivity index (χ0n) is 12.2. The molecule has 5 heteroatoms. The summed E-state index contributed by atoms with van der Waals surface area (Å²) >= 11 is 0. The second-order valence-electron chi connectivity index (χ2n) is 4.79. The molecule has 2 aromatic rings. The quantitative estimate of drug-likeness (QED) is 0.869. The monoisotopic (exact) mass is 273 g/mol. The molecule has 0 unspecified atom stereocenters. The molecule has 0 aliphatic rings. The molecule has 2 rings (SSSR count). The topological polar surface area (TPSA) is 56.1 Å². The number of esters is 1. The molecule has 20 heavy (non-hydrogen) atoms. The van der Waals surface area contributed by atoms with Crippen LogP contribution < -0.4 is 5.32 Å². The van der Waals surface area contributed by atoms with Crippen molar-refractivity contribution in [2.75, 3.05) is 12.4 Å². The number of nitrogens with zero attached hydrogens (tertiary/aromatic N) is 2. The fraction of sp³-hybridized carbons (Fsp3) is 0.333. The van der Waals surface area contributed by atoms with Gasteiger partial charge in [0, 0.05) is 31.0 Å². The third-order valence-corrected chi connectivity index (χ3v) is 3.23. The highest BCUT2D eigenvalue weighted by Gasteiger charge is 2.08. The van der Waals surface area contributed by atoms with Gasteiger partial charge >= 0.3 is 5.97 Å². The van der Waals surface area contributed by atoms with Crippen LogP contribution in [0.15, 0.2) is 24.4 Å². The summed E-state index contributed by atoms with van der Waals surface area (Å²) in [6.45, 7) is 4.66. The SMILES string of the molecule is COC(=O)c1ccc(NCc2cn(C)nc2C)c(C)c1.